The number of amides is 1. The van der Waals surface area contributed by atoms with Crippen molar-refractivity contribution in [3.63, 3.8) is 0 Å². The first-order valence-electron chi connectivity index (χ1n) is 6.05. The third-order valence-electron chi connectivity index (χ3n) is 3.30. The smallest absolute Gasteiger partial charge is 0.309 e. The van der Waals surface area contributed by atoms with Crippen LogP contribution >= 0.6 is 11.5 Å². The molecule has 4 nitrogen and oxygen atoms in total. The molecule has 2 heterocycles. The van der Waals surface area contributed by atoms with Crippen molar-refractivity contribution in [2.45, 2.75) is 31.5 Å². The molecule has 0 radical (unpaired) electrons. The van der Waals surface area contributed by atoms with Gasteiger partial charge in [0.1, 0.15) is 5.52 Å². The van der Waals surface area contributed by atoms with E-state index in [1.54, 1.807) is 18.2 Å². The van der Waals surface area contributed by atoms with Crippen molar-refractivity contribution in [2.75, 3.05) is 4.90 Å². The van der Waals surface area contributed by atoms with E-state index in [1.165, 1.54) is 4.90 Å². The summed E-state index contributed by atoms with van der Waals surface area (Å²) in [4.78, 5) is 13.1. The van der Waals surface area contributed by atoms with E-state index in [1.807, 2.05) is 0 Å². The average Bonchev–Trinajstić information content (AvgIpc) is 2.93. The van der Waals surface area contributed by atoms with E-state index in [2.05, 4.69) is 9.59 Å². The first-order valence-corrected chi connectivity index (χ1v) is 6.82. The summed E-state index contributed by atoms with van der Waals surface area (Å²) < 4.78 is 42.2. The number of carbonyl (C=O) groups is 1. The molecule has 1 fully saturated rings. The summed E-state index contributed by atoms with van der Waals surface area (Å²) in [6.07, 6.45) is -4.86. The lowest BCUT2D eigenvalue weighted by atomic mass is 10.1. The molecule has 3 rings (SSSR count). The Bertz CT molecular complexity index is 655. The lowest BCUT2D eigenvalue weighted by Crippen LogP contribution is -2.36. The Hall–Kier alpha value is -1.70. The van der Waals surface area contributed by atoms with E-state index < -0.39 is 18.6 Å². The summed E-state index contributed by atoms with van der Waals surface area (Å²) in [5, 5.41) is 3.87. The molecule has 1 atom stereocenters. The van der Waals surface area contributed by atoms with Gasteiger partial charge in [0.25, 0.3) is 0 Å². The molecule has 0 bridgehead atoms. The van der Waals surface area contributed by atoms with Crippen LogP contribution in [-0.2, 0) is 4.79 Å². The molecule has 0 unspecified atom stereocenters. The van der Waals surface area contributed by atoms with E-state index in [0.717, 1.165) is 16.2 Å². The summed E-state index contributed by atoms with van der Waals surface area (Å²) in [7, 11) is 0. The highest BCUT2D eigenvalue weighted by Gasteiger charge is 2.40. The third kappa shape index (κ3) is 2.47. The third-order valence-corrected chi connectivity index (χ3v) is 3.99. The zero-order valence-electron chi connectivity index (χ0n) is 10.2. The molecule has 0 saturated carbocycles. The van der Waals surface area contributed by atoms with Crippen molar-refractivity contribution >= 4 is 33.3 Å². The summed E-state index contributed by atoms with van der Waals surface area (Å²) >= 11 is 1.15. The van der Waals surface area contributed by atoms with Gasteiger partial charge >= 0.3 is 6.18 Å². The molecule has 1 aromatic heterocycles. The van der Waals surface area contributed by atoms with Gasteiger partial charge in [-0.3, -0.25) is 4.79 Å². The number of alkyl halides is 3. The number of aromatic nitrogens is 2. The SMILES string of the molecule is O=C1CC[C@H](CC(F)(F)F)N1c1ccc2nnsc2c1. The van der Waals surface area contributed by atoms with Crippen molar-refractivity contribution in [2.24, 2.45) is 0 Å². The normalized spacial score (nSPS) is 20.1. The number of hydrogen-bond acceptors (Lipinski definition) is 4. The minimum Gasteiger partial charge on any atom is -0.309 e. The first kappa shape index (κ1) is 13.3. The van der Waals surface area contributed by atoms with Crippen molar-refractivity contribution < 1.29 is 18.0 Å². The van der Waals surface area contributed by atoms with Crippen LogP contribution in [0, 0.1) is 0 Å². The van der Waals surface area contributed by atoms with Gasteiger partial charge in [-0.25, -0.2) is 0 Å². The molecule has 1 aromatic carbocycles. The van der Waals surface area contributed by atoms with Gasteiger partial charge in [-0.15, -0.1) is 5.10 Å². The van der Waals surface area contributed by atoms with Crippen LogP contribution in [0.15, 0.2) is 18.2 Å². The molecule has 0 aliphatic carbocycles. The van der Waals surface area contributed by atoms with Crippen LogP contribution in [0.5, 0.6) is 0 Å². The van der Waals surface area contributed by atoms with Crippen molar-refractivity contribution in [1.82, 2.24) is 9.59 Å². The Morgan fingerprint density at radius 2 is 2.20 bits per heavy atom. The average molecular weight is 301 g/mol. The lowest BCUT2D eigenvalue weighted by molar-refractivity contribution is -0.138. The number of benzene rings is 1. The predicted molar refractivity (Wildman–Crippen MR) is 68.6 cm³/mol. The van der Waals surface area contributed by atoms with Crippen LogP contribution in [0.25, 0.3) is 10.2 Å². The van der Waals surface area contributed by atoms with Gasteiger partial charge in [-0.05, 0) is 36.2 Å². The zero-order valence-corrected chi connectivity index (χ0v) is 11.0. The van der Waals surface area contributed by atoms with Crippen LogP contribution in [-0.4, -0.2) is 27.7 Å². The summed E-state index contributed by atoms with van der Waals surface area (Å²) in [5.74, 6) is -0.268. The second kappa shape index (κ2) is 4.69. The highest BCUT2D eigenvalue weighted by Crippen LogP contribution is 2.35. The summed E-state index contributed by atoms with van der Waals surface area (Å²) in [6, 6.07) is 4.15. The Labute approximate surface area is 116 Å². The Morgan fingerprint density at radius 3 is 2.95 bits per heavy atom. The van der Waals surface area contributed by atoms with E-state index >= 15 is 0 Å². The van der Waals surface area contributed by atoms with E-state index in [4.69, 9.17) is 0 Å². The summed E-state index contributed by atoms with van der Waals surface area (Å²) in [6.45, 7) is 0. The zero-order chi connectivity index (χ0) is 14.3. The maximum Gasteiger partial charge on any atom is 0.391 e. The minimum atomic E-state index is -4.27. The number of carbonyl (C=O) groups excluding carboxylic acids is 1. The minimum absolute atomic E-state index is 0.153. The van der Waals surface area contributed by atoms with Crippen LogP contribution in [0.4, 0.5) is 18.9 Å². The van der Waals surface area contributed by atoms with Gasteiger partial charge in [0, 0.05) is 18.2 Å². The molecule has 1 aliphatic heterocycles. The fourth-order valence-electron chi connectivity index (χ4n) is 2.48. The van der Waals surface area contributed by atoms with Gasteiger partial charge in [0.15, 0.2) is 0 Å². The highest BCUT2D eigenvalue weighted by atomic mass is 32.1. The van der Waals surface area contributed by atoms with Crippen LogP contribution in [0.3, 0.4) is 0 Å². The molecule has 20 heavy (non-hydrogen) atoms. The van der Waals surface area contributed by atoms with Gasteiger partial charge in [0.2, 0.25) is 5.91 Å². The number of nitrogens with zero attached hydrogens (tertiary/aromatic N) is 3. The number of hydrogen-bond donors (Lipinski definition) is 0. The first-order chi connectivity index (χ1) is 9.44. The van der Waals surface area contributed by atoms with Crippen molar-refractivity contribution in [1.29, 1.82) is 0 Å². The fraction of sp³-hybridized carbons (Fsp3) is 0.417. The lowest BCUT2D eigenvalue weighted by Gasteiger charge is -2.25. The fourth-order valence-corrected chi connectivity index (χ4v) is 3.07. The summed E-state index contributed by atoms with van der Waals surface area (Å²) in [5.41, 5.74) is 1.16. The van der Waals surface area contributed by atoms with Gasteiger partial charge in [-0.1, -0.05) is 4.49 Å². The number of fused-ring (bicyclic) bond motifs is 1. The topological polar surface area (TPSA) is 46.1 Å². The molecule has 106 valence electrons. The molecule has 2 aromatic rings. The molecule has 1 saturated heterocycles. The second-order valence-electron chi connectivity index (χ2n) is 4.70. The Balaban J connectivity index is 1.94. The van der Waals surface area contributed by atoms with Gasteiger partial charge in [-0.2, -0.15) is 13.2 Å². The number of halogens is 3. The van der Waals surface area contributed by atoms with E-state index in [-0.39, 0.29) is 18.7 Å². The molecule has 8 heteroatoms. The molecular weight excluding hydrogens is 291 g/mol. The standard InChI is InChI=1S/C12H10F3N3OS/c13-12(14,15)6-8-2-4-11(19)18(8)7-1-3-9-10(5-7)20-17-16-9/h1,3,5,8H,2,4,6H2/t8-/m1/s1. The Kier molecular flexibility index (Phi) is 3.12. The monoisotopic (exact) mass is 301 g/mol. The number of anilines is 1. The maximum atomic E-state index is 12.6. The second-order valence-corrected chi connectivity index (χ2v) is 5.49. The van der Waals surface area contributed by atoms with Crippen LogP contribution in [0.2, 0.25) is 0 Å². The predicted octanol–water partition coefficient (Wildman–Crippen LogP) is 3.14. The van der Waals surface area contributed by atoms with Crippen LogP contribution < -0.4 is 4.90 Å². The molecule has 1 aliphatic rings. The highest BCUT2D eigenvalue weighted by molar-refractivity contribution is 7.12. The quantitative estimate of drug-likeness (QED) is 0.856. The van der Waals surface area contributed by atoms with E-state index in [0.29, 0.717) is 11.2 Å². The molecular formula is C12H10F3N3OS. The van der Waals surface area contributed by atoms with Crippen molar-refractivity contribution in [3.8, 4) is 0 Å². The van der Waals surface area contributed by atoms with E-state index in [9.17, 15) is 18.0 Å². The molecule has 1 amide bonds. The Morgan fingerprint density at radius 1 is 1.40 bits per heavy atom. The maximum absolute atomic E-state index is 12.6. The molecule has 0 spiro atoms. The van der Waals surface area contributed by atoms with Gasteiger partial charge in [0.05, 0.1) is 11.1 Å². The van der Waals surface area contributed by atoms with Crippen molar-refractivity contribution in [3.05, 3.63) is 18.2 Å². The molecule has 0 N–H and O–H groups in total. The number of rotatable bonds is 2. The largest absolute Gasteiger partial charge is 0.391 e. The van der Waals surface area contributed by atoms with Gasteiger partial charge < -0.3 is 4.90 Å². The van der Waals surface area contributed by atoms with Crippen LogP contribution in [0.1, 0.15) is 19.3 Å².